The van der Waals surface area contributed by atoms with E-state index in [0.29, 0.717) is 17.3 Å². The van der Waals surface area contributed by atoms with Crippen LogP contribution in [-0.2, 0) is 22.3 Å². The fourth-order valence-corrected chi connectivity index (χ4v) is 5.85. The van der Waals surface area contributed by atoms with E-state index < -0.39 is 10.0 Å². The van der Waals surface area contributed by atoms with Gasteiger partial charge in [-0.05, 0) is 49.6 Å². The number of aryl methyl sites for hydroxylation is 1. The highest BCUT2D eigenvalue weighted by molar-refractivity contribution is 7.98. The molecule has 1 aromatic carbocycles. The Balaban J connectivity index is 1.47. The third-order valence-corrected chi connectivity index (χ3v) is 8.62. The lowest BCUT2D eigenvalue weighted by Crippen LogP contribution is -2.22. The minimum Gasteiger partial charge on any atom is -0.327 e. The molecule has 3 heterocycles. The minimum absolute atomic E-state index is 0.251. The van der Waals surface area contributed by atoms with Crippen molar-refractivity contribution in [1.29, 1.82) is 0 Å². The van der Waals surface area contributed by atoms with Crippen molar-refractivity contribution in [2.45, 2.75) is 54.6 Å². The van der Waals surface area contributed by atoms with Gasteiger partial charge in [-0.15, -0.1) is 10.2 Å². The Morgan fingerprint density at radius 2 is 1.88 bits per heavy atom. The van der Waals surface area contributed by atoms with E-state index in [1.165, 1.54) is 18.4 Å². The second-order valence-corrected chi connectivity index (χ2v) is 11.6. The number of pyridine rings is 1. The van der Waals surface area contributed by atoms with E-state index in [9.17, 15) is 8.42 Å². The predicted octanol–water partition coefficient (Wildman–Crippen LogP) is 3.98. The van der Waals surface area contributed by atoms with Crippen LogP contribution >= 0.6 is 11.8 Å². The van der Waals surface area contributed by atoms with Crippen LogP contribution in [0.4, 0.5) is 0 Å². The van der Waals surface area contributed by atoms with E-state index in [2.05, 4.69) is 31.2 Å². The van der Waals surface area contributed by atoms with Gasteiger partial charge in [0.05, 0.1) is 21.7 Å². The molecule has 0 unspecified atom stereocenters. The first kappa shape index (κ1) is 23.0. The molecular weight excluding hydrogens is 470 g/mol. The van der Waals surface area contributed by atoms with Crippen LogP contribution in [0.25, 0.3) is 22.4 Å². The summed E-state index contributed by atoms with van der Waals surface area (Å²) >= 11 is 1.62. The maximum atomic E-state index is 12.6. The van der Waals surface area contributed by atoms with Crippen LogP contribution in [0.15, 0.2) is 52.8 Å². The van der Waals surface area contributed by atoms with Crippen molar-refractivity contribution in [3.8, 4) is 11.4 Å². The molecule has 0 bridgehead atoms. The van der Waals surface area contributed by atoms with Crippen molar-refractivity contribution in [3.63, 3.8) is 0 Å². The summed E-state index contributed by atoms with van der Waals surface area (Å²) < 4.78 is 30.8. The van der Waals surface area contributed by atoms with E-state index in [1.807, 2.05) is 18.2 Å². The fraction of sp³-hybridized carbons (Fsp3) is 0.391. The molecule has 0 radical (unpaired) electrons. The summed E-state index contributed by atoms with van der Waals surface area (Å²) in [6.07, 6.45) is 6.74. The first-order valence-electron chi connectivity index (χ1n) is 11.3. The van der Waals surface area contributed by atoms with Gasteiger partial charge in [0.2, 0.25) is 10.0 Å². The molecule has 178 valence electrons. The van der Waals surface area contributed by atoms with Gasteiger partial charge in [0.25, 0.3) is 0 Å². The van der Waals surface area contributed by atoms with Crippen LogP contribution in [0.5, 0.6) is 0 Å². The highest BCUT2D eigenvalue weighted by Crippen LogP contribution is 2.41. The zero-order chi connectivity index (χ0) is 23.9. The Labute approximate surface area is 203 Å². The molecule has 0 N–H and O–H groups in total. The number of hydrogen-bond donors (Lipinski definition) is 0. The lowest BCUT2D eigenvalue weighted by Gasteiger charge is -2.11. The smallest absolute Gasteiger partial charge is 0.242 e. The predicted molar refractivity (Wildman–Crippen MR) is 132 cm³/mol. The van der Waals surface area contributed by atoms with E-state index in [1.54, 1.807) is 36.3 Å². The second-order valence-electron chi connectivity index (χ2n) is 8.55. The van der Waals surface area contributed by atoms with Gasteiger partial charge in [-0.1, -0.05) is 18.7 Å². The molecule has 1 aliphatic rings. The van der Waals surface area contributed by atoms with Gasteiger partial charge >= 0.3 is 0 Å². The van der Waals surface area contributed by atoms with Crippen molar-refractivity contribution >= 4 is 32.8 Å². The third-order valence-electron chi connectivity index (χ3n) is 5.87. The summed E-state index contributed by atoms with van der Waals surface area (Å²) in [5.74, 6) is 2.39. The first-order valence-corrected chi connectivity index (χ1v) is 13.7. The number of hydrogen-bond acceptors (Lipinski definition) is 7. The van der Waals surface area contributed by atoms with Gasteiger partial charge in [-0.3, -0.25) is 9.55 Å². The zero-order valence-electron chi connectivity index (χ0n) is 19.4. The minimum atomic E-state index is -3.52. The van der Waals surface area contributed by atoms with E-state index in [0.717, 1.165) is 53.7 Å². The van der Waals surface area contributed by atoms with E-state index in [4.69, 9.17) is 4.98 Å². The summed E-state index contributed by atoms with van der Waals surface area (Å²) in [5, 5.41) is 9.86. The summed E-state index contributed by atoms with van der Waals surface area (Å²) in [4.78, 5) is 9.19. The largest absolute Gasteiger partial charge is 0.327 e. The highest BCUT2D eigenvalue weighted by atomic mass is 32.2. The number of sulfonamides is 1. The fourth-order valence-electron chi connectivity index (χ4n) is 3.98. The van der Waals surface area contributed by atoms with Crippen LogP contribution < -0.4 is 0 Å². The average Bonchev–Trinajstić information content (AvgIpc) is 3.49. The van der Waals surface area contributed by atoms with Crippen molar-refractivity contribution in [2.75, 3.05) is 14.1 Å². The van der Waals surface area contributed by atoms with Crippen LogP contribution in [0.2, 0.25) is 0 Å². The highest BCUT2D eigenvalue weighted by Gasteiger charge is 2.30. The van der Waals surface area contributed by atoms with Crippen molar-refractivity contribution in [1.82, 2.24) is 33.6 Å². The summed E-state index contributed by atoms with van der Waals surface area (Å²) in [6.45, 7) is 2.93. The van der Waals surface area contributed by atoms with Crippen LogP contribution in [0.3, 0.4) is 0 Å². The number of nitrogens with zero attached hydrogens (tertiary/aromatic N) is 7. The molecule has 1 saturated carbocycles. The van der Waals surface area contributed by atoms with Crippen molar-refractivity contribution in [2.24, 2.45) is 0 Å². The number of benzene rings is 1. The summed E-state index contributed by atoms with van der Waals surface area (Å²) in [7, 11) is -0.448. The number of rotatable bonds is 9. The molecule has 1 fully saturated rings. The Morgan fingerprint density at radius 3 is 2.56 bits per heavy atom. The maximum absolute atomic E-state index is 12.6. The average molecular weight is 498 g/mol. The van der Waals surface area contributed by atoms with Gasteiger partial charge in [0.15, 0.2) is 11.0 Å². The SMILES string of the molecule is CCCn1c(CSc2nnc(-c3ccncc3)n2C2CC2)nc2cc(S(=O)(=O)N(C)C)ccc21. The Morgan fingerprint density at radius 1 is 1.12 bits per heavy atom. The van der Waals surface area contributed by atoms with Gasteiger partial charge in [-0.25, -0.2) is 17.7 Å². The molecule has 0 atom stereocenters. The number of fused-ring (bicyclic) bond motifs is 1. The number of aromatic nitrogens is 6. The summed E-state index contributed by atoms with van der Waals surface area (Å²) in [5.41, 5.74) is 2.64. The molecule has 34 heavy (non-hydrogen) atoms. The van der Waals surface area contributed by atoms with Gasteiger partial charge in [0, 0.05) is 44.6 Å². The molecular formula is C23H27N7O2S2. The molecule has 11 heteroatoms. The van der Waals surface area contributed by atoms with E-state index >= 15 is 0 Å². The zero-order valence-corrected chi connectivity index (χ0v) is 21.1. The second kappa shape index (κ2) is 9.12. The topological polar surface area (TPSA) is 98.8 Å². The number of thioether (sulfide) groups is 1. The Kier molecular flexibility index (Phi) is 6.17. The molecule has 1 aliphatic carbocycles. The van der Waals surface area contributed by atoms with Crippen molar-refractivity contribution < 1.29 is 8.42 Å². The van der Waals surface area contributed by atoms with Crippen molar-refractivity contribution in [3.05, 3.63) is 48.5 Å². The third kappa shape index (κ3) is 4.23. The van der Waals surface area contributed by atoms with Crippen LogP contribution in [0, 0.1) is 0 Å². The molecule has 5 rings (SSSR count). The molecule has 0 spiro atoms. The summed E-state index contributed by atoms with van der Waals surface area (Å²) in [6, 6.07) is 9.52. The normalized spacial score (nSPS) is 14.4. The molecule has 4 aromatic rings. The molecule has 9 nitrogen and oxygen atoms in total. The van der Waals surface area contributed by atoms with Gasteiger partial charge in [0.1, 0.15) is 5.82 Å². The standard InChI is InChI=1S/C23H27N7O2S2/c1-4-13-29-20-8-7-18(34(31,32)28(2)3)14-19(20)25-21(29)15-33-23-27-26-22(30(23)17-5-6-17)16-9-11-24-12-10-16/h7-12,14,17H,4-6,13,15H2,1-3H3. The molecule has 0 saturated heterocycles. The van der Waals surface area contributed by atoms with Crippen LogP contribution in [0.1, 0.15) is 38.1 Å². The quantitative estimate of drug-likeness (QED) is 0.323. The lowest BCUT2D eigenvalue weighted by molar-refractivity contribution is 0.521. The Hall–Kier alpha value is -2.76. The molecule has 3 aromatic heterocycles. The maximum Gasteiger partial charge on any atom is 0.242 e. The van der Waals surface area contributed by atoms with Gasteiger partial charge in [-0.2, -0.15) is 0 Å². The monoisotopic (exact) mass is 497 g/mol. The van der Waals surface area contributed by atoms with E-state index in [-0.39, 0.29) is 4.90 Å². The Bertz CT molecular complexity index is 1420. The first-order chi connectivity index (χ1) is 16.4. The van der Waals surface area contributed by atoms with Gasteiger partial charge < -0.3 is 4.57 Å². The number of imidazole rings is 1. The molecule has 0 aliphatic heterocycles. The molecule has 0 amide bonds. The van der Waals surface area contributed by atoms with Crippen LogP contribution in [-0.4, -0.2) is 56.1 Å². The lowest BCUT2D eigenvalue weighted by atomic mass is 10.2.